The molecule has 1 unspecified atom stereocenters. The molecular weight excluding hydrogens is 192 g/mol. The zero-order valence-corrected chi connectivity index (χ0v) is 8.62. The van der Waals surface area contributed by atoms with Gasteiger partial charge in [0.1, 0.15) is 0 Å². The Bertz CT molecular complexity index is 303. The van der Waals surface area contributed by atoms with Crippen molar-refractivity contribution in [3.8, 4) is 0 Å². The number of carbonyl (C=O) groups excluding carboxylic acids is 1. The molecular formula is C10H16N4O. The van der Waals surface area contributed by atoms with Crippen LogP contribution in [0.25, 0.3) is 0 Å². The third kappa shape index (κ3) is 2.79. The number of H-pyrrole nitrogens is 1. The predicted octanol–water partition coefficient (Wildman–Crippen LogP) is 0.168. The van der Waals surface area contributed by atoms with E-state index in [4.69, 9.17) is 0 Å². The first-order chi connectivity index (χ1) is 7.36. The first kappa shape index (κ1) is 10.2. The maximum Gasteiger partial charge on any atom is 0.237 e. The molecule has 82 valence electrons. The number of rotatable bonds is 3. The van der Waals surface area contributed by atoms with Gasteiger partial charge < -0.3 is 10.6 Å². The molecule has 5 nitrogen and oxygen atoms in total. The Morgan fingerprint density at radius 1 is 1.60 bits per heavy atom. The van der Waals surface area contributed by atoms with Gasteiger partial charge in [-0.15, -0.1) is 0 Å². The van der Waals surface area contributed by atoms with E-state index >= 15 is 0 Å². The van der Waals surface area contributed by atoms with Crippen LogP contribution < -0.4 is 10.6 Å². The largest absolute Gasteiger partial charge is 0.351 e. The lowest BCUT2D eigenvalue weighted by molar-refractivity contribution is -0.123. The molecule has 15 heavy (non-hydrogen) atoms. The van der Waals surface area contributed by atoms with E-state index in [0.717, 1.165) is 24.9 Å². The van der Waals surface area contributed by atoms with Crippen LogP contribution in [0.3, 0.4) is 0 Å². The number of carbonyl (C=O) groups is 1. The van der Waals surface area contributed by atoms with E-state index in [1.165, 1.54) is 6.42 Å². The number of aromatic amines is 1. The van der Waals surface area contributed by atoms with Gasteiger partial charge in [0.05, 0.1) is 12.2 Å². The lowest BCUT2D eigenvalue weighted by Gasteiger charge is -2.22. The lowest BCUT2D eigenvalue weighted by Crippen LogP contribution is -2.46. The minimum Gasteiger partial charge on any atom is -0.351 e. The van der Waals surface area contributed by atoms with Crippen molar-refractivity contribution in [3.05, 3.63) is 18.0 Å². The number of amides is 1. The smallest absolute Gasteiger partial charge is 0.237 e. The Hall–Kier alpha value is -1.36. The van der Waals surface area contributed by atoms with Crippen LogP contribution in [-0.4, -0.2) is 28.7 Å². The average Bonchev–Trinajstić information content (AvgIpc) is 2.80. The van der Waals surface area contributed by atoms with Gasteiger partial charge in [-0.25, -0.2) is 0 Å². The molecule has 0 radical (unpaired) electrons. The first-order valence-electron chi connectivity index (χ1n) is 5.35. The summed E-state index contributed by atoms with van der Waals surface area (Å²) in [6, 6.07) is -0.00866. The molecule has 0 saturated carbocycles. The maximum absolute atomic E-state index is 11.7. The third-order valence-corrected chi connectivity index (χ3v) is 2.65. The van der Waals surface area contributed by atoms with Crippen LogP contribution in [-0.2, 0) is 11.3 Å². The molecule has 1 aromatic rings. The monoisotopic (exact) mass is 208 g/mol. The molecule has 2 heterocycles. The fourth-order valence-corrected chi connectivity index (χ4v) is 1.76. The van der Waals surface area contributed by atoms with Crippen molar-refractivity contribution < 1.29 is 4.79 Å². The van der Waals surface area contributed by atoms with E-state index in [2.05, 4.69) is 20.8 Å². The molecule has 1 aliphatic heterocycles. The molecule has 1 amide bonds. The summed E-state index contributed by atoms with van der Waals surface area (Å²) >= 11 is 0. The molecule has 1 aliphatic rings. The highest BCUT2D eigenvalue weighted by atomic mass is 16.2. The summed E-state index contributed by atoms with van der Waals surface area (Å²) in [5, 5.41) is 12.6. The van der Waals surface area contributed by atoms with E-state index in [1.54, 1.807) is 12.4 Å². The fourth-order valence-electron chi connectivity index (χ4n) is 1.76. The van der Waals surface area contributed by atoms with Crippen molar-refractivity contribution >= 4 is 5.91 Å². The lowest BCUT2D eigenvalue weighted by atomic mass is 10.0. The summed E-state index contributed by atoms with van der Waals surface area (Å²) in [6.07, 6.45) is 6.75. The SMILES string of the molecule is O=C(NCc1cn[nH]c1)C1CCCCN1. The van der Waals surface area contributed by atoms with Crippen LogP contribution in [0, 0.1) is 0 Å². The van der Waals surface area contributed by atoms with E-state index in [1.807, 2.05) is 0 Å². The van der Waals surface area contributed by atoms with Gasteiger partial charge in [-0.1, -0.05) is 6.42 Å². The third-order valence-electron chi connectivity index (χ3n) is 2.65. The second-order valence-electron chi connectivity index (χ2n) is 3.83. The molecule has 0 spiro atoms. The zero-order valence-electron chi connectivity index (χ0n) is 8.62. The Morgan fingerprint density at radius 3 is 3.20 bits per heavy atom. The van der Waals surface area contributed by atoms with E-state index in [9.17, 15) is 4.79 Å². The normalized spacial score (nSPS) is 21.2. The van der Waals surface area contributed by atoms with E-state index < -0.39 is 0 Å². The highest BCUT2D eigenvalue weighted by Gasteiger charge is 2.19. The highest BCUT2D eigenvalue weighted by Crippen LogP contribution is 2.06. The Labute approximate surface area is 88.6 Å². The van der Waals surface area contributed by atoms with E-state index in [0.29, 0.717) is 6.54 Å². The average molecular weight is 208 g/mol. The fraction of sp³-hybridized carbons (Fsp3) is 0.600. The summed E-state index contributed by atoms with van der Waals surface area (Å²) in [5.41, 5.74) is 0.999. The van der Waals surface area contributed by atoms with Crippen molar-refractivity contribution in [1.82, 2.24) is 20.8 Å². The molecule has 0 bridgehead atoms. The van der Waals surface area contributed by atoms with Crippen LogP contribution >= 0.6 is 0 Å². The van der Waals surface area contributed by atoms with Crippen molar-refractivity contribution in [3.63, 3.8) is 0 Å². The Balaban J connectivity index is 1.76. The van der Waals surface area contributed by atoms with Gasteiger partial charge >= 0.3 is 0 Å². The molecule has 3 N–H and O–H groups in total. The number of nitrogens with zero attached hydrogens (tertiary/aromatic N) is 1. The van der Waals surface area contributed by atoms with Gasteiger partial charge in [0.25, 0.3) is 0 Å². The van der Waals surface area contributed by atoms with Crippen molar-refractivity contribution in [2.75, 3.05) is 6.54 Å². The van der Waals surface area contributed by atoms with Gasteiger partial charge in [-0.05, 0) is 19.4 Å². The summed E-state index contributed by atoms with van der Waals surface area (Å²) in [6.45, 7) is 1.50. The van der Waals surface area contributed by atoms with Crippen molar-refractivity contribution in [2.24, 2.45) is 0 Å². The molecule has 1 atom stereocenters. The first-order valence-corrected chi connectivity index (χ1v) is 5.35. The molecule has 1 fully saturated rings. The number of hydrogen-bond donors (Lipinski definition) is 3. The molecule has 0 aromatic carbocycles. The van der Waals surface area contributed by atoms with Crippen LogP contribution in [0.15, 0.2) is 12.4 Å². The summed E-state index contributed by atoms with van der Waals surface area (Å²) in [5.74, 6) is 0.0934. The van der Waals surface area contributed by atoms with Crippen LogP contribution in [0.2, 0.25) is 0 Å². The predicted molar refractivity (Wildman–Crippen MR) is 56.1 cm³/mol. The highest BCUT2D eigenvalue weighted by molar-refractivity contribution is 5.81. The van der Waals surface area contributed by atoms with Gasteiger partial charge in [-0.3, -0.25) is 9.89 Å². The maximum atomic E-state index is 11.7. The zero-order chi connectivity index (χ0) is 10.5. The molecule has 5 heteroatoms. The minimum atomic E-state index is -0.00866. The van der Waals surface area contributed by atoms with Gasteiger partial charge in [-0.2, -0.15) is 5.10 Å². The number of aromatic nitrogens is 2. The van der Waals surface area contributed by atoms with Gasteiger partial charge in [0.2, 0.25) is 5.91 Å². The van der Waals surface area contributed by atoms with Crippen molar-refractivity contribution in [1.29, 1.82) is 0 Å². The van der Waals surface area contributed by atoms with Gasteiger partial charge in [0.15, 0.2) is 0 Å². The quantitative estimate of drug-likeness (QED) is 0.663. The Kier molecular flexibility index (Phi) is 3.34. The summed E-state index contributed by atoms with van der Waals surface area (Å²) in [7, 11) is 0. The second kappa shape index (κ2) is 4.93. The van der Waals surface area contributed by atoms with E-state index in [-0.39, 0.29) is 11.9 Å². The minimum absolute atomic E-state index is 0.00866. The molecule has 0 aliphatic carbocycles. The van der Waals surface area contributed by atoms with Crippen LogP contribution in [0.4, 0.5) is 0 Å². The van der Waals surface area contributed by atoms with Crippen LogP contribution in [0.1, 0.15) is 24.8 Å². The second-order valence-corrected chi connectivity index (χ2v) is 3.83. The summed E-state index contributed by atoms with van der Waals surface area (Å²) < 4.78 is 0. The number of nitrogens with one attached hydrogen (secondary N) is 3. The Morgan fingerprint density at radius 2 is 2.53 bits per heavy atom. The topological polar surface area (TPSA) is 69.8 Å². The van der Waals surface area contributed by atoms with Gasteiger partial charge in [0, 0.05) is 18.3 Å². The van der Waals surface area contributed by atoms with Crippen molar-refractivity contribution in [2.45, 2.75) is 31.8 Å². The molecule has 1 aromatic heterocycles. The van der Waals surface area contributed by atoms with Crippen LogP contribution in [0.5, 0.6) is 0 Å². The summed E-state index contributed by atoms with van der Waals surface area (Å²) in [4.78, 5) is 11.7. The molecule has 1 saturated heterocycles. The molecule has 2 rings (SSSR count). The number of hydrogen-bond acceptors (Lipinski definition) is 3. The standard InChI is InChI=1S/C10H16N4O/c15-10(9-3-1-2-4-11-9)12-5-8-6-13-14-7-8/h6-7,9,11H,1-5H2,(H,12,15)(H,13,14). The number of piperidine rings is 1.